The molecule has 1 aromatic heterocycles. The fourth-order valence-electron chi connectivity index (χ4n) is 3.45. The molecular weight excluding hydrogens is 791 g/mol. The van der Waals surface area contributed by atoms with Gasteiger partial charge in [-0.25, -0.2) is 4.79 Å². The fourth-order valence-corrected chi connectivity index (χ4v) is 3.45. The Hall–Kier alpha value is -4.96. The molecule has 0 aliphatic carbocycles. The molecule has 1 aromatic rings. The van der Waals surface area contributed by atoms with E-state index >= 15 is 0 Å². The van der Waals surface area contributed by atoms with Crippen LogP contribution in [-0.2, 0) is 33.3 Å². The monoisotopic (exact) mass is 827 g/mol. The number of aromatic amines is 1. The molecule has 0 fully saturated rings. The number of nitrogens with one attached hydrogen (secondary N) is 4. The zero-order valence-electron chi connectivity index (χ0n) is 23.2. The van der Waals surface area contributed by atoms with Crippen molar-refractivity contribution in [3.8, 4) is 0 Å². The summed E-state index contributed by atoms with van der Waals surface area (Å²) in [6.45, 7) is 5.09. The van der Waals surface area contributed by atoms with E-state index in [1.165, 1.54) is 11.3 Å². The molecule has 0 radical (unpaired) electrons. The smallest absolute Gasteiger partial charge is 0.414 e. The van der Waals surface area contributed by atoms with Crippen LogP contribution in [0.4, 0.5) is 22.2 Å². The zero-order valence-corrected chi connectivity index (χ0v) is 25.6. The SMILES string of the molecule is COCCOCCOCC(CN(CC(=O)O)C(=O)CN1CNc2c1nc(NC(=O)OC(C)(C)C)[nH]c2=O)N[C-]=O.[Fm]. The van der Waals surface area contributed by atoms with Gasteiger partial charge in [0.2, 0.25) is 11.9 Å². The summed E-state index contributed by atoms with van der Waals surface area (Å²) >= 11 is 0. The quantitative estimate of drug-likeness (QED) is 0.0720. The van der Waals surface area contributed by atoms with Crippen LogP contribution in [0.25, 0.3) is 0 Å². The number of ether oxygens (including phenoxy) is 4. The van der Waals surface area contributed by atoms with Crippen LogP contribution in [0, 0.1) is 0 Å². The van der Waals surface area contributed by atoms with Gasteiger partial charge in [-0.2, -0.15) is 11.4 Å². The topological polar surface area (TPSA) is 214 Å². The molecule has 2 heterocycles. The number of hydrogen-bond donors (Lipinski definition) is 5. The Morgan fingerprint density at radius 3 is 2.51 bits per heavy atom. The van der Waals surface area contributed by atoms with E-state index in [1.807, 2.05) is 0 Å². The average molecular weight is 828 g/mol. The van der Waals surface area contributed by atoms with Gasteiger partial charge in [0.25, 0.3) is 5.56 Å². The van der Waals surface area contributed by atoms with E-state index in [2.05, 4.69) is 25.9 Å². The first kappa shape index (κ1) is 34.1. The fraction of sp³-hybridized carbons (Fsp3) is 0.652. The molecule has 2 rings (SSSR count). The van der Waals surface area contributed by atoms with Crippen LogP contribution >= 0.6 is 0 Å². The molecule has 5 N–H and O–H groups in total. The van der Waals surface area contributed by atoms with E-state index < -0.39 is 41.7 Å². The van der Waals surface area contributed by atoms with E-state index in [0.717, 1.165) is 4.90 Å². The first-order valence-corrected chi connectivity index (χ1v) is 12.3. The molecule has 3 amide bonds. The predicted octanol–water partition coefficient (Wildman–Crippen LogP) is -1.08. The summed E-state index contributed by atoms with van der Waals surface area (Å²) in [5.74, 6) is -2.02. The van der Waals surface area contributed by atoms with Gasteiger partial charge in [-0.05, 0) is 20.8 Å². The number of fused-ring (bicyclic) bond motifs is 1. The number of hydrogen-bond acceptors (Lipinski definition) is 12. The normalized spacial score (nSPS) is 12.8. The number of nitrogens with zero attached hydrogens (tertiary/aromatic N) is 3. The molecule has 17 nitrogen and oxygen atoms in total. The third kappa shape index (κ3) is 11.8. The van der Waals surface area contributed by atoms with E-state index in [-0.39, 0.29) is 57.0 Å². The number of carbonyl (C=O) groups is 3. The van der Waals surface area contributed by atoms with Crippen LogP contribution in [0.5, 0.6) is 0 Å². The first-order chi connectivity index (χ1) is 18.9. The average Bonchev–Trinajstić information content (AvgIpc) is 3.24. The molecule has 1 aliphatic heterocycles. The van der Waals surface area contributed by atoms with Crippen molar-refractivity contribution in [2.45, 2.75) is 32.4 Å². The van der Waals surface area contributed by atoms with Gasteiger partial charge in [0.05, 0.1) is 39.7 Å². The zero-order chi connectivity index (χ0) is 29.7. The number of aliphatic carboxylic acids is 1. The number of rotatable bonds is 17. The van der Waals surface area contributed by atoms with Crippen molar-refractivity contribution in [1.29, 1.82) is 0 Å². The van der Waals surface area contributed by atoms with Crippen LogP contribution in [0.2, 0.25) is 0 Å². The van der Waals surface area contributed by atoms with Crippen LogP contribution in [-0.4, -0.2) is 122 Å². The summed E-state index contributed by atoms with van der Waals surface area (Å²) < 4.78 is 20.8. The summed E-state index contributed by atoms with van der Waals surface area (Å²) in [7, 11) is 1.55. The molecule has 1 atom stereocenters. The van der Waals surface area contributed by atoms with E-state index in [9.17, 15) is 29.1 Å². The third-order valence-corrected chi connectivity index (χ3v) is 5.10. The number of anilines is 3. The number of H-pyrrole nitrogens is 1. The van der Waals surface area contributed by atoms with E-state index in [1.54, 1.807) is 27.9 Å². The molecule has 236 valence electrons. The summed E-state index contributed by atoms with van der Waals surface area (Å²) in [5, 5.41) is 16.9. The molecule has 0 saturated carbocycles. The maximum Gasteiger partial charge on any atom is 0.414 e. The molecule has 0 bridgehead atoms. The number of amides is 3. The van der Waals surface area contributed by atoms with Crippen LogP contribution in [0.3, 0.4) is 0 Å². The Kier molecular flexibility index (Phi) is 13.5. The van der Waals surface area contributed by atoms with Gasteiger partial charge in [0.15, 0.2) is 5.82 Å². The van der Waals surface area contributed by atoms with Crippen molar-refractivity contribution >= 4 is 41.8 Å². The summed E-state index contributed by atoms with van der Waals surface area (Å²) in [5.41, 5.74) is -1.31. The molecule has 0 aromatic carbocycles. The van der Waals surface area contributed by atoms with Gasteiger partial charge in [-0.3, -0.25) is 24.7 Å². The summed E-state index contributed by atoms with van der Waals surface area (Å²) in [4.78, 5) is 69.3. The molecule has 0 saturated heterocycles. The number of methoxy groups -OCH3 is 1. The Bertz CT molecular complexity index is 1080. The number of carbonyl (C=O) groups excluding carboxylic acids is 3. The van der Waals surface area contributed by atoms with Gasteiger partial charge in [0, 0.05) is 19.7 Å². The minimum atomic E-state index is -1.27. The Morgan fingerprint density at radius 2 is 1.88 bits per heavy atom. The van der Waals surface area contributed by atoms with Gasteiger partial charge in [0.1, 0.15) is 24.4 Å². The molecule has 1 unspecified atom stereocenters. The van der Waals surface area contributed by atoms with Crippen molar-refractivity contribution in [3.05, 3.63) is 10.4 Å². The number of aromatic nitrogens is 2. The standard InChI is InChI=1S/C23H36N7O10.Fm/c1-23(2,3)40-22(36)28-21-26-19-18(20(35)27-21)24-13-30(19)10-16(32)29(11-17(33)34)9-15(25-14-31)12-39-8-7-38-6-5-37-4;/h15,24H,5-13H2,1-4H3,(H,25,31)(H,33,34)(H2,26,27,28,35,36);/q-1;. The van der Waals surface area contributed by atoms with Crippen LogP contribution < -0.4 is 26.4 Å². The van der Waals surface area contributed by atoms with Gasteiger partial charge >= 0.3 is 12.1 Å². The van der Waals surface area contributed by atoms with Gasteiger partial charge in [-0.15, -0.1) is 0 Å². The third-order valence-electron chi connectivity index (χ3n) is 5.10. The summed E-state index contributed by atoms with van der Waals surface area (Å²) in [6, 6.07) is -0.755. The van der Waals surface area contributed by atoms with Crippen molar-refractivity contribution in [2.75, 3.05) is 82.0 Å². The van der Waals surface area contributed by atoms with Crippen molar-refractivity contribution in [2.24, 2.45) is 0 Å². The molecule has 41 heavy (non-hydrogen) atoms. The second-order valence-electron chi connectivity index (χ2n) is 9.56. The van der Waals surface area contributed by atoms with Gasteiger partial charge in [-0.1, -0.05) is 0 Å². The maximum atomic E-state index is 13.2. The largest absolute Gasteiger partial charge is 0.524 e. The van der Waals surface area contributed by atoms with Crippen molar-refractivity contribution in [1.82, 2.24) is 20.2 Å². The minimum Gasteiger partial charge on any atom is -0.524 e. The van der Waals surface area contributed by atoms with Crippen LogP contribution in [0.1, 0.15) is 20.8 Å². The first-order valence-electron chi connectivity index (χ1n) is 12.3. The van der Waals surface area contributed by atoms with E-state index in [4.69, 9.17) is 18.9 Å². The van der Waals surface area contributed by atoms with Crippen molar-refractivity contribution in [3.63, 3.8) is 0 Å². The number of carboxylic acid groups (broad SMARTS) is 1. The second kappa shape index (κ2) is 16.2. The molecular formula is C23H36FmN7O10-. The Morgan fingerprint density at radius 1 is 1.20 bits per heavy atom. The van der Waals surface area contributed by atoms with Gasteiger partial charge < -0.3 is 49.3 Å². The van der Waals surface area contributed by atoms with Crippen molar-refractivity contribution < 1.29 is 43.2 Å². The van der Waals surface area contributed by atoms with E-state index in [0.29, 0.717) is 13.2 Å². The Balaban J connectivity index is 0.00000840. The van der Waals surface area contributed by atoms with Crippen LogP contribution in [0.15, 0.2) is 4.79 Å². The number of carboxylic acids is 1. The predicted molar refractivity (Wildman–Crippen MR) is 141 cm³/mol. The summed E-state index contributed by atoms with van der Waals surface area (Å²) in [6.07, 6.45) is 0.694. The second-order valence-corrected chi connectivity index (χ2v) is 9.56. The molecule has 18 heteroatoms. The maximum absolute atomic E-state index is 13.2. The molecule has 0 spiro atoms. The minimum absolute atomic E-state index is 0. The molecule has 1 aliphatic rings. The Labute approximate surface area is 230 Å².